The van der Waals surface area contributed by atoms with Gasteiger partial charge in [0, 0.05) is 34.6 Å². The van der Waals surface area contributed by atoms with Crippen molar-refractivity contribution in [2.75, 3.05) is 6.61 Å². The van der Waals surface area contributed by atoms with E-state index in [9.17, 15) is 28.8 Å². The SMILES string of the molecule is CC(=O)OC[C@H](OC(C)=O)[C@@H](OC(C)=O)[C@H](OC(C)=O)[C@@H](C=O)OC(C)=O. The minimum atomic E-state index is -1.67. The topological polar surface area (TPSA) is 149 Å². The van der Waals surface area contributed by atoms with Crippen molar-refractivity contribution in [1.82, 2.24) is 0 Å². The fourth-order valence-corrected chi connectivity index (χ4v) is 2.03. The summed E-state index contributed by atoms with van der Waals surface area (Å²) in [7, 11) is 0. The number of carbonyl (C=O) groups is 6. The van der Waals surface area contributed by atoms with E-state index in [1.165, 1.54) is 0 Å². The van der Waals surface area contributed by atoms with Crippen LogP contribution in [0.25, 0.3) is 0 Å². The van der Waals surface area contributed by atoms with Crippen molar-refractivity contribution in [1.29, 1.82) is 0 Å². The summed E-state index contributed by atoms with van der Waals surface area (Å²) in [4.78, 5) is 68.0. The van der Waals surface area contributed by atoms with Crippen LogP contribution in [0.4, 0.5) is 0 Å². The average Bonchev–Trinajstić information content (AvgIpc) is 2.51. The molecule has 0 saturated carbocycles. The van der Waals surface area contributed by atoms with Crippen LogP contribution < -0.4 is 0 Å². The Morgan fingerprint density at radius 2 is 1.11 bits per heavy atom. The lowest BCUT2D eigenvalue weighted by atomic mass is 10.0. The zero-order valence-electron chi connectivity index (χ0n) is 15.6. The highest BCUT2D eigenvalue weighted by atomic mass is 16.6. The van der Waals surface area contributed by atoms with Crippen molar-refractivity contribution in [3.63, 3.8) is 0 Å². The van der Waals surface area contributed by atoms with E-state index in [1.54, 1.807) is 0 Å². The third kappa shape index (κ3) is 9.92. The summed E-state index contributed by atoms with van der Waals surface area (Å²) < 4.78 is 24.6. The molecule has 11 heteroatoms. The van der Waals surface area contributed by atoms with Crippen LogP contribution in [0.3, 0.4) is 0 Å². The van der Waals surface area contributed by atoms with Crippen LogP contribution in [-0.2, 0) is 52.5 Å². The molecule has 0 aromatic rings. The Hall–Kier alpha value is -2.98. The van der Waals surface area contributed by atoms with Crippen molar-refractivity contribution in [3.05, 3.63) is 0 Å². The molecular weight excluding hydrogens is 368 g/mol. The summed E-state index contributed by atoms with van der Waals surface area (Å²) in [5.41, 5.74) is 0. The van der Waals surface area contributed by atoms with Crippen LogP contribution in [0.1, 0.15) is 34.6 Å². The Morgan fingerprint density at radius 3 is 1.48 bits per heavy atom. The molecule has 4 atom stereocenters. The Balaban J connectivity index is 6.00. The Morgan fingerprint density at radius 1 is 0.667 bits per heavy atom. The molecule has 0 aliphatic carbocycles. The quantitative estimate of drug-likeness (QED) is 0.269. The average molecular weight is 390 g/mol. The zero-order valence-corrected chi connectivity index (χ0v) is 15.6. The second-order valence-corrected chi connectivity index (χ2v) is 5.31. The number of carbonyl (C=O) groups excluding carboxylic acids is 6. The van der Waals surface area contributed by atoms with Crippen molar-refractivity contribution >= 4 is 36.1 Å². The van der Waals surface area contributed by atoms with Gasteiger partial charge in [0.25, 0.3) is 0 Å². The Bertz CT molecular complexity index is 583. The third-order valence-corrected chi connectivity index (χ3v) is 2.82. The molecule has 0 heterocycles. The van der Waals surface area contributed by atoms with Gasteiger partial charge in [-0.1, -0.05) is 0 Å². The first-order valence-corrected chi connectivity index (χ1v) is 7.75. The van der Waals surface area contributed by atoms with E-state index in [1.807, 2.05) is 0 Å². The molecule has 27 heavy (non-hydrogen) atoms. The number of esters is 5. The maximum absolute atomic E-state index is 11.5. The van der Waals surface area contributed by atoms with Crippen molar-refractivity contribution in [2.45, 2.75) is 59.0 Å². The van der Waals surface area contributed by atoms with Gasteiger partial charge >= 0.3 is 29.8 Å². The fourth-order valence-electron chi connectivity index (χ4n) is 2.03. The molecule has 0 aliphatic heterocycles. The summed E-state index contributed by atoms with van der Waals surface area (Å²) in [5.74, 6) is -4.23. The van der Waals surface area contributed by atoms with Gasteiger partial charge in [0.2, 0.25) is 0 Å². The normalized spacial score (nSPS) is 14.6. The number of rotatable bonds is 10. The highest BCUT2D eigenvalue weighted by molar-refractivity contribution is 5.72. The van der Waals surface area contributed by atoms with Gasteiger partial charge < -0.3 is 23.7 Å². The van der Waals surface area contributed by atoms with Gasteiger partial charge in [-0.25, -0.2) is 0 Å². The Kier molecular flexibility index (Phi) is 10.3. The molecule has 0 fully saturated rings. The number of aldehydes is 1. The monoisotopic (exact) mass is 390 g/mol. The van der Waals surface area contributed by atoms with E-state index in [4.69, 9.17) is 23.7 Å². The van der Waals surface area contributed by atoms with Crippen molar-refractivity contribution < 1.29 is 52.5 Å². The van der Waals surface area contributed by atoms with E-state index in [-0.39, 0.29) is 6.29 Å². The first kappa shape index (κ1) is 24.0. The molecule has 0 radical (unpaired) electrons. The molecular formula is C16H22O11. The minimum absolute atomic E-state index is 0.155. The molecule has 152 valence electrons. The predicted octanol–water partition coefficient (Wildman–Crippen LogP) is -0.525. The highest BCUT2D eigenvalue weighted by Gasteiger charge is 2.43. The van der Waals surface area contributed by atoms with Gasteiger partial charge in [-0.15, -0.1) is 0 Å². The number of ether oxygens (including phenoxy) is 5. The van der Waals surface area contributed by atoms with E-state index in [2.05, 4.69) is 0 Å². The number of hydrogen-bond donors (Lipinski definition) is 0. The third-order valence-electron chi connectivity index (χ3n) is 2.82. The van der Waals surface area contributed by atoms with Crippen LogP contribution in [0.5, 0.6) is 0 Å². The molecule has 0 saturated heterocycles. The van der Waals surface area contributed by atoms with Gasteiger partial charge in [0.05, 0.1) is 0 Å². The second-order valence-electron chi connectivity index (χ2n) is 5.31. The largest absolute Gasteiger partial charge is 0.462 e. The lowest BCUT2D eigenvalue weighted by molar-refractivity contribution is -0.201. The Labute approximate surface area is 155 Å². The molecule has 11 nitrogen and oxygen atoms in total. The van der Waals surface area contributed by atoms with Crippen molar-refractivity contribution in [2.24, 2.45) is 0 Å². The molecule has 0 spiro atoms. The summed E-state index contributed by atoms with van der Waals surface area (Å²) in [5, 5.41) is 0. The lowest BCUT2D eigenvalue weighted by Gasteiger charge is -2.33. The molecule has 0 amide bonds. The van der Waals surface area contributed by atoms with E-state index in [0.29, 0.717) is 0 Å². The van der Waals surface area contributed by atoms with Crippen LogP contribution in [-0.4, -0.2) is 67.2 Å². The van der Waals surface area contributed by atoms with Crippen LogP contribution in [0, 0.1) is 0 Å². The minimum Gasteiger partial charge on any atom is -0.462 e. The van der Waals surface area contributed by atoms with Gasteiger partial charge in [-0.05, 0) is 0 Å². The summed E-state index contributed by atoms with van der Waals surface area (Å²) in [6.45, 7) is 4.56. The van der Waals surface area contributed by atoms with E-state index >= 15 is 0 Å². The summed E-state index contributed by atoms with van der Waals surface area (Å²) >= 11 is 0. The predicted molar refractivity (Wildman–Crippen MR) is 84.9 cm³/mol. The van der Waals surface area contributed by atoms with Gasteiger partial charge in [0.1, 0.15) is 6.61 Å². The van der Waals surface area contributed by atoms with E-state index < -0.39 is 60.9 Å². The summed E-state index contributed by atoms with van der Waals surface area (Å²) in [6.07, 6.45) is -6.23. The second kappa shape index (κ2) is 11.6. The zero-order chi connectivity index (χ0) is 21.1. The molecule has 0 aliphatic rings. The molecule has 0 rings (SSSR count). The molecule has 0 aromatic carbocycles. The van der Waals surface area contributed by atoms with Gasteiger partial charge in [-0.2, -0.15) is 0 Å². The smallest absolute Gasteiger partial charge is 0.303 e. The van der Waals surface area contributed by atoms with Gasteiger partial charge in [0.15, 0.2) is 30.7 Å². The molecule has 0 unspecified atom stereocenters. The molecule has 0 aromatic heterocycles. The first-order chi connectivity index (χ1) is 12.5. The lowest BCUT2D eigenvalue weighted by Crippen LogP contribution is -2.53. The van der Waals surface area contributed by atoms with Crippen LogP contribution in [0.2, 0.25) is 0 Å². The van der Waals surface area contributed by atoms with Gasteiger partial charge in [-0.3, -0.25) is 28.8 Å². The van der Waals surface area contributed by atoms with E-state index in [0.717, 1.165) is 34.6 Å². The summed E-state index contributed by atoms with van der Waals surface area (Å²) in [6, 6.07) is 0. The maximum Gasteiger partial charge on any atom is 0.303 e. The molecule has 0 N–H and O–H groups in total. The van der Waals surface area contributed by atoms with Crippen LogP contribution >= 0.6 is 0 Å². The maximum atomic E-state index is 11.5. The number of hydrogen-bond acceptors (Lipinski definition) is 11. The first-order valence-electron chi connectivity index (χ1n) is 7.75. The van der Waals surface area contributed by atoms with Crippen LogP contribution in [0.15, 0.2) is 0 Å². The molecule has 0 bridgehead atoms. The van der Waals surface area contributed by atoms with Crippen molar-refractivity contribution in [3.8, 4) is 0 Å². The standard InChI is InChI=1S/C16H22O11/c1-8(18)23-7-14(25-10(3)20)16(27-12(5)22)15(26-11(4)21)13(6-17)24-9(2)19/h6,13-16H,7H2,1-5H3/t13-,14+,15-,16-/m1/s1. The fraction of sp³-hybridized carbons (Fsp3) is 0.625. The highest BCUT2D eigenvalue weighted by Crippen LogP contribution is 2.19.